The van der Waals surface area contributed by atoms with Crippen LogP contribution in [0.2, 0.25) is 0 Å². The topological polar surface area (TPSA) is 6.48 Å². The first-order valence-corrected chi connectivity index (χ1v) is 11.7. The fourth-order valence-electron chi connectivity index (χ4n) is 4.30. The van der Waals surface area contributed by atoms with Gasteiger partial charge in [0.25, 0.3) is 0 Å². The smallest absolute Gasteiger partial charge is 0.0805 e. The summed E-state index contributed by atoms with van der Waals surface area (Å²) in [7, 11) is 0. The lowest BCUT2D eigenvalue weighted by Crippen LogP contribution is -2.39. The van der Waals surface area contributed by atoms with E-state index in [1.54, 1.807) is 0 Å². The maximum Gasteiger partial charge on any atom is 0.0805 e. The van der Waals surface area contributed by atoms with Gasteiger partial charge in [-0.3, -0.25) is 0 Å². The minimum absolute atomic E-state index is 1.22. The summed E-state index contributed by atoms with van der Waals surface area (Å²) in [5.41, 5.74) is 7.52. The summed E-state index contributed by atoms with van der Waals surface area (Å²) in [5.74, 6) is 0. The molecule has 4 aromatic carbocycles. The van der Waals surface area contributed by atoms with Crippen molar-refractivity contribution in [3.8, 4) is 0 Å². The van der Waals surface area contributed by atoms with Crippen LogP contribution in [0.25, 0.3) is 0 Å². The molecule has 2 aliphatic heterocycles. The molecule has 0 radical (unpaired) electrons. The summed E-state index contributed by atoms with van der Waals surface area (Å²) < 4.78 is 0. The average Bonchev–Trinajstić information content (AvgIpc) is 2.77. The van der Waals surface area contributed by atoms with Crippen LogP contribution in [-0.2, 0) is 0 Å². The highest BCUT2D eigenvalue weighted by molar-refractivity contribution is 8.00. The highest BCUT2D eigenvalue weighted by atomic mass is 32.2. The van der Waals surface area contributed by atoms with Gasteiger partial charge in [-0.05, 0) is 61.4 Å². The summed E-state index contributed by atoms with van der Waals surface area (Å²) in [6.07, 6.45) is 0. The van der Waals surface area contributed by atoms with Gasteiger partial charge in [0.15, 0.2) is 0 Å². The molecule has 0 saturated heterocycles. The first-order chi connectivity index (χ1) is 14.7. The maximum absolute atomic E-state index is 2.43. The molecule has 0 aliphatic carbocycles. The molecule has 6 rings (SSSR count). The van der Waals surface area contributed by atoms with Crippen molar-refractivity contribution in [3.63, 3.8) is 0 Å². The molecule has 4 heteroatoms. The molecule has 2 nitrogen and oxygen atoms in total. The number of para-hydroxylation sites is 4. The van der Waals surface area contributed by atoms with E-state index >= 15 is 0 Å². The van der Waals surface area contributed by atoms with Gasteiger partial charge in [-0.15, -0.1) is 0 Å². The molecule has 146 valence electrons. The van der Waals surface area contributed by atoms with Crippen molar-refractivity contribution in [2.45, 2.75) is 33.4 Å². The van der Waals surface area contributed by atoms with Gasteiger partial charge in [0, 0.05) is 19.6 Å². The molecule has 2 aliphatic rings. The summed E-state index contributed by atoms with van der Waals surface area (Å²) in [4.78, 5) is 5.14. The zero-order valence-electron chi connectivity index (χ0n) is 16.8. The van der Waals surface area contributed by atoms with E-state index in [0.717, 1.165) is 0 Å². The van der Waals surface area contributed by atoms with Crippen molar-refractivity contribution in [1.82, 2.24) is 0 Å². The van der Waals surface area contributed by atoms with Gasteiger partial charge < -0.3 is 0 Å². The van der Waals surface area contributed by atoms with Crippen molar-refractivity contribution in [1.29, 1.82) is 0 Å². The van der Waals surface area contributed by atoms with E-state index < -0.39 is 0 Å². The molecule has 0 bridgehead atoms. The van der Waals surface area contributed by atoms with E-state index in [-0.39, 0.29) is 0 Å². The number of aryl methyl sites for hydroxylation is 2. The number of anilines is 4. The van der Waals surface area contributed by atoms with Gasteiger partial charge >= 0.3 is 0 Å². The Kier molecular flexibility index (Phi) is 4.12. The predicted octanol–water partition coefficient (Wildman–Crippen LogP) is 8.12. The molecule has 2 heterocycles. The summed E-state index contributed by atoms with van der Waals surface area (Å²) in [6.45, 7) is 4.42. The van der Waals surface area contributed by atoms with Crippen LogP contribution >= 0.6 is 23.5 Å². The van der Waals surface area contributed by atoms with E-state index in [9.17, 15) is 0 Å². The molecule has 0 spiro atoms. The summed E-state index contributed by atoms with van der Waals surface area (Å²) >= 11 is 3.72. The number of hydrogen-bond donors (Lipinski definition) is 0. The molecular formula is C26H20N2S2. The zero-order chi connectivity index (χ0) is 20.2. The molecular weight excluding hydrogens is 404 g/mol. The minimum atomic E-state index is 1.22. The highest BCUT2D eigenvalue weighted by Crippen LogP contribution is 2.56. The molecule has 0 N–H and O–H groups in total. The van der Waals surface area contributed by atoms with Gasteiger partial charge in [0.2, 0.25) is 0 Å². The zero-order valence-corrected chi connectivity index (χ0v) is 18.4. The van der Waals surface area contributed by atoms with Crippen molar-refractivity contribution in [2.75, 3.05) is 10.0 Å². The fourth-order valence-corrected chi connectivity index (χ4v) is 6.57. The Balaban J connectivity index is 1.70. The lowest BCUT2D eigenvalue weighted by atomic mass is 10.1. The molecule has 4 aromatic rings. The third kappa shape index (κ3) is 2.60. The van der Waals surface area contributed by atoms with E-state index in [4.69, 9.17) is 0 Å². The van der Waals surface area contributed by atoms with Crippen molar-refractivity contribution < 1.29 is 0 Å². The first-order valence-electron chi connectivity index (χ1n) is 10.1. The van der Waals surface area contributed by atoms with Crippen LogP contribution in [0, 0.1) is 13.8 Å². The Labute approximate surface area is 185 Å². The van der Waals surface area contributed by atoms with Crippen LogP contribution in [0.3, 0.4) is 0 Å². The number of hydrazine groups is 1. The van der Waals surface area contributed by atoms with Crippen LogP contribution < -0.4 is 10.0 Å². The standard InChI is InChI=1S/C26H20N2S2/c1-17-9-7-15-23-25(17)27(19-11-3-5-13-21(19)29-23)28-20-12-4-6-14-22(20)30-24-16-8-10-18(2)26(24)28/h3-16H,1-2H3. The largest absolute Gasteiger partial charge is 0.246 e. The van der Waals surface area contributed by atoms with Crippen LogP contribution in [0.15, 0.2) is 105 Å². The van der Waals surface area contributed by atoms with E-state index in [2.05, 4.69) is 109 Å². The Morgan fingerprint density at radius 1 is 0.467 bits per heavy atom. The molecule has 30 heavy (non-hydrogen) atoms. The van der Waals surface area contributed by atoms with Gasteiger partial charge in [0.05, 0.1) is 22.7 Å². The van der Waals surface area contributed by atoms with Crippen LogP contribution in [0.5, 0.6) is 0 Å². The highest BCUT2D eigenvalue weighted by Gasteiger charge is 2.35. The Bertz CT molecular complexity index is 1200. The molecule has 0 saturated carbocycles. The van der Waals surface area contributed by atoms with Gasteiger partial charge in [-0.25, -0.2) is 10.0 Å². The first kappa shape index (κ1) is 18.0. The van der Waals surface area contributed by atoms with Gasteiger partial charge in [-0.2, -0.15) is 0 Å². The minimum Gasteiger partial charge on any atom is -0.246 e. The number of hydrogen-bond acceptors (Lipinski definition) is 4. The third-order valence-corrected chi connectivity index (χ3v) is 7.88. The van der Waals surface area contributed by atoms with Crippen molar-refractivity contribution in [2.24, 2.45) is 0 Å². The second-order valence-corrected chi connectivity index (χ2v) is 9.77. The maximum atomic E-state index is 2.43. The number of rotatable bonds is 1. The normalized spacial score (nSPS) is 13.9. The SMILES string of the molecule is Cc1cccc2c1N(N1c3ccccc3Sc3cccc(C)c31)c1ccccc1S2. The van der Waals surface area contributed by atoms with Gasteiger partial charge in [0.1, 0.15) is 0 Å². The van der Waals surface area contributed by atoms with Gasteiger partial charge in [-0.1, -0.05) is 72.1 Å². The third-order valence-electron chi connectivity index (χ3n) is 5.65. The van der Waals surface area contributed by atoms with E-state index in [0.29, 0.717) is 0 Å². The van der Waals surface area contributed by atoms with E-state index in [1.165, 1.54) is 53.5 Å². The molecule has 0 atom stereocenters. The fraction of sp³-hybridized carbons (Fsp3) is 0.0769. The molecule has 0 amide bonds. The van der Waals surface area contributed by atoms with Crippen molar-refractivity contribution in [3.05, 3.63) is 96.1 Å². The summed E-state index contributed by atoms with van der Waals surface area (Å²) in [5, 5.41) is 4.86. The van der Waals surface area contributed by atoms with E-state index in [1.807, 2.05) is 23.5 Å². The Hall–Kier alpha value is -2.82. The quantitative estimate of drug-likeness (QED) is 0.304. The Morgan fingerprint density at radius 2 is 0.867 bits per heavy atom. The monoisotopic (exact) mass is 424 g/mol. The molecule has 0 aromatic heterocycles. The lowest BCUT2D eigenvalue weighted by molar-refractivity contribution is 0.909. The Morgan fingerprint density at radius 3 is 1.33 bits per heavy atom. The number of nitrogens with zero attached hydrogens (tertiary/aromatic N) is 2. The van der Waals surface area contributed by atoms with Crippen LogP contribution in [-0.4, -0.2) is 0 Å². The van der Waals surface area contributed by atoms with Crippen LogP contribution in [0.1, 0.15) is 11.1 Å². The second kappa shape index (κ2) is 6.86. The predicted molar refractivity (Wildman–Crippen MR) is 128 cm³/mol. The number of fused-ring (bicyclic) bond motifs is 4. The number of benzene rings is 4. The molecule has 0 fully saturated rings. The van der Waals surface area contributed by atoms with Crippen LogP contribution in [0.4, 0.5) is 22.7 Å². The molecule has 0 unspecified atom stereocenters. The second-order valence-electron chi connectivity index (χ2n) is 7.61. The van der Waals surface area contributed by atoms with Crippen molar-refractivity contribution >= 4 is 46.3 Å². The average molecular weight is 425 g/mol. The lowest BCUT2D eigenvalue weighted by Gasteiger charge is -2.45. The summed E-state index contributed by atoms with van der Waals surface area (Å²) in [6, 6.07) is 30.7.